The fourth-order valence-electron chi connectivity index (χ4n) is 7.48. The summed E-state index contributed by atoms with van der Waals surface area (Å²) < 4.78 is 6.47. The molecule has 54 heavy (non-hydrogen) atoms. The number of carbonyl (C=O) groups excluding carboxylic acids is 2. The molecule has 0 radical (unpaired) electrons. The molecular formula is C44H46N8O2. The Kier molecular flexibility index (Phi) is 10.3. The lowest BCUT2D eigenvalue weighted by Gasteiger charge is -2.15. The number of carbonyl (C=O) groups is 2. The first-order chi connectivity index (χ1) is 25.6. The summed E-state index contributed by atoms with van der Waals surface area (Å²) in [5.74, 6) is 1.80. The summed E-state index contributed by atoms with van der Waals surface area (Å²) in [6, 6.07) is 32.7. The van der Waals surface area contributed by atoms with E-state index in [1.807, 2.05) is 48.5 Å². The molecule has 0 spiro atoms. The quantitative estimate of drug-likeness (QED) is 0.175. The minimum absolute atomic E-state index is 0. The zero-order chi connectivity index (χ0) is 35.0. The molecule has 0 bridgehead atoms. The van der Waals surface area contributed by atoms with Crippen LogP contribution in [0.25, 0.3) is 44.8 Å². The topological polar surface area (TPSA) is 102 Å². The van der Waals surface area contributed by atoms with E-state index in [1.54, 1.807) is 0 Å². The van der Waals surface area contributed by atoms with Gasteiger partial charge in [0.1, 0.15) is 11.6 Å². The largest absolute Gasteiger partial charge is 0.350 e. The van der Waals surface area contributed by atoms with Gasteiger partial charge >= 0.3 is 0 Å². The lowest BCUT2D eigenvalue weighted by Crippen LogP contribution is -2.24. The highest BCUT2D eigenvalue weighted by Gasteiger charge is 2.23. The number of nitrogens with zero attached hydrogens (tertiary/aromatic N) is 6. The Hall–Kier alpha value is -6.26. The van der Waals surface area contributed by atoms with Crippen molar-refractivity contribution in [3.05, 3.63) is 144 Å². The molecule has 0 unspecified atom stereocenters. The highest BCUT2D eigenvalue weighted by molar-refractivity contribution is 6.07. The van der Waals surface area contributed by atoms with E-state index in [2.05, 4.69) is 102 Å². The van der Waals surface area contributed by atoms with Gasteiger partial charge < -0.3 is 24.3 Å². The number of para-hydroxylation sites is 2. The fourth-order valence-corrected chi connectivity index (χ4v) is 7.48. The normalized spacial score (nSPS) is 14.7. The third kappa shape index (κ3) is 6.83. The molecule has 0 saturated heterocycles. The Bertz CT molecular complexity index is 2450. The number of hydrogen-bond donors (Lipinski definition) is 2. The number of rotatable bonds is 6. The summed E-state index contributed by atoms with van der Waals surface area (Å²) in [5.41, 5.74) is 9.71. The molecule has 2 N–H and O–H groups in total. The number of aromatic nitrogens is 5. The van der Waals surface area contributed by atoms with Crippen molar-refractivity contribution in [1.29, 1.82) is 0 Å². The molecule has 3 aromatic heterocycles. The summed E-state index contributed by atoms with van der Waals surface area (Å²) in [6.45, 7) is 6.56. The van der Waals surface area contributed by atoms with E-state index in [0.717, 1.165) is 84.1 Å². The van der Waals surface area contributed by atoms with Crippen molar-refractivity contribution in [1.82, 2.24) is 39.2 Å². The Morgan fingerprint density at radius 1 is 0.556 bits per heavy atom. The molecule has 0 fully saturated rings. The standard InChI is InChI=1S/C21H20N4O.C21H18N4O.2CH4/c2*26-21-17-4-3-5-18-19(17)25(13-10-22-21)20(23-18)16-8-6-15(7-9-16)14-24-11-1-2-12-24;;/h1-9H,10-14H2,(H,22,26);1-9,11-12H,10,13-14H2,(H,22,26);2*1H4. The smallest absolute Gasteiger partial charge is 0.253 e. The van der Waals surface area contributed by atoms with Crippen molar-refractivity contribution in [2.75, 3.05) is 26.2 Å². The SMILES string of the molecule is C.C.O=C1NCCn2c(-c3ccc(CN4CC=CC4)cc3)nc3cccc1c32.O=C1NCCn2c(-c3ccc(Cn4cccc4)cc3)nc3cccc1c32. The molecule has 3 aliphatic heterocycles. The Balaban J connectivity index is 0.000000161. The van der Waals surface area contributed by atoms with Gasteiger partial charge in [-0.3, -0.25) is 14.5 Å². The zero-order valence-corrected chi connectivity index (χ0v) is 28.7. The first-order valence-corrected chi connectivity index (χ1v) is 17.8. The van der Waals surface area contributed by atoms with E-state index in [-0.39, 0.29) is 26.7 Å². The highest BCUT2D eigenvalue weighted by Crippen LogP contribution is 2.30. The molecule has 10 rings (SSSR count). The number of nitrogens with one attached hydrogen (secondary N) is 2. The first kappa shape index (κ1) is 36.1. The highest BCUT2D eigenvalue weighted by atomic mass is 16.2. The van der Waals surface area contributed by atoms with Crippen LogP contribution in [-0.2, 0) is 26.2 Å². The maximum atomic E-state index is 12.3. The van der Waals surface area contributed by atoms with Crippen LogP contribution < -0.4 is 10.6 Å². The lowest BCUT2D eigenvalue weighted by molar-refractivity contribution is 0.0948. The molecule has 10 nitrogen and oxygen atoms in total. The van der Waals surface area contributed by atoms with E-state index >= 15 is 0 Å². The maximum Gasteiger partial charge on any atom is 0.253 e. The summed E-state index contributed by atoms with van der Waals surface area (Å²) in [4.78, 5) is 36.6. The van der Waals surface area contributed by atoms with Gasteiger partial charge in [0.15, 0.2) is 0 Å². The predicted molar refractivity (Wildman–Crippen MR) is 216 cm³/mol. The molecule has 2 amide bonds. The first-order valence-electron chi connectivity index (χ1n) is 17.8. The van der Waals surface area contributed by atoms with Gasteiger partial charge in [-0.05, 0) is 47.5 Å². The van der Waals surface area contributed by atoms with E-state index in [9.17, 15) is 9.59 Å². The van der Waals surface area contributed by atoms with Gasteiger partial charge in [-0.2, -0.15) is 0 Å². The van der Waals surface area contributed by atoms with Crippen LogP contribution in [-0.4, -0.2) is 66.6 Å². The summed E-state index contributed by atoms with van der Waals surface area (Å²) in [6.07, 6.45) is 8.55. The van der Waals surface area contributed by atoms with Crippen LogP contribution in [0.4, 0.5) is 0 Å². The molecule has 4 aromatic carbocycles. The molecule has 3 aliphatic rings. The van der Waals surface area contributed by atoms with Gasteiger partial charge in [-0.1, -0.05) is 87.7 Å². The molecule has 274 valence electrons. The van der Waals surface area contributed by atoms with Crippen molar-refractivity contribution in [2.45, 2.75) is 41.0 Å². The van der Waals surface area contributed by atoms with Crippen LogP contribution in [0.5, 0.6) is 0 Å². The predicted octanol–water partition coefficient (Wildman–Crippen LogP) is 7.39. The van der Waals surface area contributed by atoms with Crippen LogP contribution in [0.2, 0.25) is 0 Å². The summed E-state index contributed by atoms with van der Waals surface area (Å²) in [7, 11) is 0. The van der Waals surface area contributed by atoms with Gasteiger partial charge in [0.05, 0.1) is 33.2 Å². The van der Waals surface area contributed by atoms with E-state index < -0.39 is 0 Å². The minimum atomic E-state index is -0.0251. The minimum Gasteiger partial charge on any atom is -0.350 e. The average molecular weight is 719 g/mol. The third-order valence-corrected chi connectivity index (χ3v) is 10.0. The van der Waals surface area contributed by atoms with E-state index in [4.69, 9.17) is 9.97 Å². The van der Waals surface area contributed by atoms with Gasteiger partial charge in [0.25, 0.3) is 11.8 Å². The number of imidazole rings is 2. The molecule has 7 aromatic rings. The van der Waals surface area contributed by atoms with Crippen LogP contribution in [0, 0.1) is 0 Å². The Morgan fingerprint density at radius 3 is 1.50 bits per heavy atom. The van der Waals surface area contributed by atoms with Gasteiger partial charge in [0.2, 0.25) is 0 Å². The maximum absolute atomic E-state index is 12.3. The lowest BCUT2D eigenvalue weighted by atomic mass is 10.1. The second-order valence-electron chi connectivity index (χ2n) is 13.4. The number of benzene rings is 4. The van der Waals surface area contributed by atoms with Crippen molar-refractivity contribution in [3.8, 4) is 22.8 Å². The Labute approximate surface area is 315 Å². The summed E-state index contributed by atoms with van der Waals surface area (Å²) in [5, 5.41) is 5.93. The molecule has 6 heterocycles. The van der Waals surface area contributed by atoms with Crippen molar-refractivity contribution >= 4 is 33.9 Å². The van der Waals surface area contributed by atoms with Crippen LogP contribution in [0.1, 0.15) is 46.7 Å². The van der Waals surface area contributed by atoms with Gasteiger partial charge in [-0.25, -0.2) is 9.97 Å². The van der Waals surface area contributed by atoms with Crippen LogP contribution in [0.3, 0.4) is 0 Å². The second kappa shape index (κ2) is 15.4. The van der Waals surface area contributed by atoms with E-state index in [0.29, 0.717) is 24.2 Å². The fraction of sp³-hybridized carbons (Fsp3) is 0.227. The molecule has 10 heteroatoms. The monoisotopic (exact) mass is 718 g/mol. The number of hydrogen-bond acceptors (Lipinski definition) is 5. The Morgan fingerprint density at radius 2 is 1.02 bits per heavy atom. The van der Waals surface area contributed by atoms with Crippen LogP contribution in [0.15, 0.2) is 122 Å². The molecule has 0 atom stereocenters. The number of amides is 2. The average Bonchev–Trinajstić information content (AvgIpc) is 3.97. The molecule has 0 aliphatic carbocycles. The summed E-state index contributed by atoms with van der Waals surface area (Å²) >= 11 is 0. The van der Waals surface area contributed by atoms with Gasteiger partial charge in [0, 0.05) is 75.9 Å². The van der Waals surface area contributed by atoms with Crippen molar-refractivity contribution < 1.29 is 9.59 Å². The third-order valence-electron chi connectivity index (χ3n) is 10.0. The molecular weight excluding hydrogens is 673 g/mol. The van der Waals surface area contributed by atoms with Crippen LogP contribution >= 0.6 is 0 Å². The van der Waals surface area contributed by atoms with E-state index in [1.165, 1.54) is 11.1 Å². The van der Waals surface area contributed by atoms with Gasteiger partial charge in [-0.15, -0.1) is 0 Å². The zero-order valence-electron chi connectivity index (χ0n) is 28.7. The van der Waals surface area contributed by atoms with Crippen molar-refractivity contribution in [3.63, 3.8) is 0 Å². The molecule has 0 saturated carbocycles. The second-order valence-corrected chi connectivity index (χ2v) is 13.4. The van der Waals surface area contributed by atoms with Crippen molar-refractivity contribution in [2.24, 2.45) is 0 Å².